The van der Waals surface area contributed by atoms with E-state index in [2.05, 4.69) is 10.3 Å². The van der Waals surface area contributed by atoms with E-state index >= 15 is 0 Å². The number of hydrogen-bond acceptors (Lipinski definition) is 5. The van der Waals surface area contributed by atoms with Gasteiger partial charge in [0.2, 0.25) is 0 Å². The lowest BCUT2D eigenvalue weighted by Crippen LogP contribution is -2.19. The molecule has 5 nitrogen and oxygen atoms in total. The first kappa shape index (κ1) is 17.9. The second kappa shape index (κ2) is 9.67. The van der Waals surface area contributed by atoms with Crippen LogP contribution >= 0.6 is 0 Å². The van der Waals surface area contributed by atoms with Crippen molar-refractivity contribution in [3.05, 3.63) is 59.4 Å². The van der Waals surface area contributed by atoms with Crippen molar-refractivity contribution in [1.82, 2.24) is 10.3 Å². The number of rotatable bonds is 9. The highest BCUT2D eigenvalue weighted by Gasteiger charge is 2.02. The Morgan fingerprint density at radius 3 is 2.71 bits per heavy atom. The molecule has 0 unspecified atom stereocenters. The predicted molar refractivity (Wildman–Crippen MR) is 92.7 cm³/mol. The van der Waals surface area contributed by atoms with Gasteiger partial charge in [-0.25, -0.2) is 0 Å². The highest BCUT2D eigenvalue weighted by atomic mass is 16.5. The van der Waals surface area contributed by atoms with E-state index < -0.39 is 0 Å². The smallest absolute Gasteiger partial charge is 0.307 e. The lowest BCUT2D eigenvalue weighted by Gasteiger charge is -2.09. The number of aromatic nitrogens is 1. The van der Waals surface area contributed by atoms with Gasteiger partial charge in [0.15, 0.2) is 0 Å². The van der Waals surface area contributed by atoms with Crippen molar-refractivity contribution in [2.24, 2.45) is 0 Å². The van der Waals surface area contributed by atoms with Crippen LogP contribution in [0.2, 0.25) is 0 Å². The minimum Gasteiger partial charge on any atom is -0.489 e. The Balaban J connectivity index is 1.73. The van der Waals surface area contributed by atoms with Gasteiger partial charge in [-0.2, -0.15) is 0 Å². The summed E-state index contributed by atoms with van der Waals surface area (Å²) in [6.45, 7) is 6.04. The normalized spacial score (nSPS) is 10.4. The number of aryl methyl sites for hydroxylation is 1. The zero-order valence-corrected chi connectivity index (χ0v) is 14.2. The average Bonchev–Trinajstić information content (AvgIpc) is 2.59. The fourth-order valence-corrected chi connectivity index (χ4v) is 2.19. The first-order chi connectivity index (χ1) is 11.7. The van der Waals surface area contributed by atoms with E-state index in [1.807, 2.05) is 50.2 Å². The zero-order valence-electron chi connectivity index (χ0n) is 14.2. The Labute approximate surface area is 143 Å². The Bertz CT molecular complexity index is 641. The SMILES string of the molecule is CCOC(=O)CCNCc1ccc(OCc2cccnc2C)cc1. The van der Waals surface area contributed by atoms with E-state index in [1.54, 1.807) is 6.20 Å². The van der Waals surface area contributed by atoms with Crippen LogP contribution in [0.4, 0.5) is 0 Å². The van der Waals surface area contributed by atoms with Gasteiger partial charge in [0.1, 0.15) is 12.4 Å². The predicted octanol–water partition coefficient (Wildman–Crippen LogP) is 3.01. The molecule has 0 aliphatic heterocycles. The van der Waals surface area contributed by atoms with Crippen LogP contribution in [0.5, 0.6) is 5.75 Å². The maximum atomic E-state index is 11.2. The Morgan fingerprint density at radius 2 is 2.00 bits per heavy atom. The lowest BCUT2D eigenvalue weighted by atomic mass is 10.2. The molecule has 0 bridgehead atoms. The first-order valence-corrected chi connectivity index (χ1v) is 8.17. The zero-order chi connectivity index (χ0) is 17.2. The third kappa shape index (κ3) is 6.01. The molecular weight excluding hydrogens is 304 g/mol. The average molecular weight is 328 g/mol. The molecule has 2 rings (SSSR count). The summed E-state index contributed by atoms with van der Waals surface area (Å²) >= 11 is 0. The molecular formula is C19H24N2O3. The summed E-state index contributed by atoms with van der Waals surface area (Å²) in [4.78, 5) is 15.5. The molecule has 1 aromatic heterocycles. The first-order valence-electron chi connectivity index (χ1n) is 8.17. The quantitative estimate of drug-likeness (QED) is 0.566. The van der Waals surface area contributed by atoms with Crippen LogP contribution in [-0.4, -0.2) is 24.1 Å². The molecule has 0 fully saturated rings. The van der Waals surface area contributed by atoms with Gasteiger partial charge in [-0.15, -0.1) is 0 Å². The van der Waals surface area contributed by atoms with Gasteiger partial charge in [0, 0.05) is 30.5 Å². The van der Waals surface area contributed by atoms with Crippen LogP contribution in [0.1, 0.15) is 30.2 Å². The van der Waals surface area contributed by atoms with Crippen molar-refractivity contribution in [2.45, 2.75) is 33.4 Å². The van der Waals surface area contributed by atoms with Gasteiger partial charge in [0.05, 0.1) is 13.0 Å². The molecule has 0 atom stereocenters. The highest BCUT2D eigenvalue weighted by Crippen LogP contribution is 2.15. The van der Waals surface area contributed by atoms with Crippen molar-refractivity contribution in [2.75, 3.05) is 13.2 Å². The summed E-state index contributed by atoms with van der Waals surface area (Å²) in [6, 6.07) is 11.9. The summed E-state index contributed by atoms with van der Waals surface area (Å²) in [5.41, 5.74) is 3.21. The van der Waals surface area contributed by atoms with E-state index in [0.29, 0.717) is 32.7 Å². The molecule has 0 saturated carbocycles. The minimum absolute atomic E-state index is 0.167. The monoisotopic (exact) mass is 328 g/mol. The van der Waals surface area contributed by atoms with Gasteiger partial charge < -0.3 is 14.8 Å². The fourth-order valence-electron chi connectivity index (χ4n) is 2.19. The molecule has 1 aromatic carbocycles. The van der Waals surface area contributed by atoms with Gasteiger partial charge in [-0.1, -0.05) is 18.2 Å². The topological polar surface area (TPSA) is 60.5 Å². The number of pyridine rings is 1. The number of nitrogens with zero attached hydrogens (tertiary/aromatic N) is 1. The largest absolute Gasteiger partial charge is 0.489 e. The number of carbonyl (C=O) groups excluding carboxylic acids is 1. The summed E-state index contributed by atoms with van der Waals surface area (Å²) in [7, 11) is 0. The van der Waals surface area contributed by atoms with E-state index in [1.165, 1.54) is 0 Å². The van der Waals surface area contributed by atoms with E-state index in [4.69, 9.17) is 9.47 Å². The summed E-state index contributed by atoms with van der Waals surface area (Å²) in [5, 5.41) is 3.23. The fraction of sp³-hybridized carbons (Fsp3) is 0.368. The van der Waals surface area contributed by atoms with Crippen molar-refractivity contribution < 1.29 is 14.3 Å². The summed E-state index contributed by atoms with van der Waals surface area (Å²) in [5.74, 6) is 0.660. The standard InChI is InChI=1S/C19H24N2O3/c1-3-23-19(22)10-12-20-13-16-6-8-18(9-7-16)24-14-17-5-4-11-21-15(17)2/h4-9,11,20H,3,10,12-14H2,1-2H3. The summed E-state index contributed by atoms with van der Waals surface area (Å²) in [6.07, 6.45) is 2.17. The third-order valence-electron chi connectivity index (χ3n) is 3.57. The van der Waals surface area contributed by atoms with E-state index in [0.717, 1.165) is 22.6 Å². The van der Waals surface area contributed by atoms with Crippen LogP contribution in [0.15, 0.2) is 42.6 Å². The molecule has 1 N–H and O–H groups in total. The van der Waals surface area contributed by atoms with Crippen LogP contribution < -0.4 is 10.1 Å². The van der Waals surface area contributed by atoms with Gasteiger partial charge >= 0.3 is 5.97 Å². The van der Waals surface area contributed by atoms with Gasteiger partial charge in [0.25, 0.3) is 0 Å². The molecule has 0 spiro atoms. The number of benzene rings is 1. The third-order valence-corrected chi connectivity index (χ3v) is 3.57. The molecule has 0 aliphatic carbocycles. The molecule has 0 radical (unpaired) electrons. The van der Waals surface area contributed by atoms with Crippen LogP contribution in [0.25, 0.3) is 0 Å². The lowest BCUT2D eigenvalue weighted by molar-refractivity contribution is -0.142. The molecule has 128 valence electrons. The van der Waals surface area contributed by atoms with Crippen molar-refractivity contribution in [3.63, 3.8) is 0 Å². The second-order valence-electron chi connectivity index (χ2n) is 5.41. The Hall–Kier alpha value is -2.40. The number of nitrogens with one attached hydrogen (secondary N) is 1. The number of ether oxygens (including phenoxy) is 2. The van der Waals surface area contributed by atoms with Crippen LogP contribution in [0, 0.1) is 6.92 Å². The maximum Gasteiger partial charge on any atom is 0.307 e. The van der Waals surface area contributed by atoms with Crippen molar-refractivity contribution in [1.29, 1.82) is 0 Å². The molecule has 0 amide bonds. The second-order valence-corrected chi connectivity index (χ2v) is 5.41. The van der Waals surface area contributed by atoms with E-state index in [-0.39, 0.29) is 5.97 Å². The molecule has 2 aromatic rings. The van der Waals surface area contributed by atoms with Crippen molar-refractivity contribution >= 4 is 5.97 Å². The summed E-state index contributed by atoms with van der Waals surface area (Å²) < 4.78 is 10.7. The van der Waals surface area contributed by atoms with E-state index in [9.17, 15) is 4.79 Å². The highest BCUT2D eigenvalue weighted by molar-refractivity contribution is 5.69. The Kier molecular flexibility index (Phi) is 7.23. The minimum atomic E-state index is -0.167. The molecule has 24 heavy (non-hydrogen) atoms. The molecule has 5 heteroatoms. The maximum absolute atomic E-state index is 11.2. The Morgan fingerprint density at radius 1 is 1.21 bits per heavy atom. The molecule has 0 saturated heterocycles. The molecule has 0 aliphatic rings. The van der Waals surface area contributed by atoms with Gasteiger partial charge in [-0.05, 0) is 37.6 Å². The number of carbonyl (C=O) groups is 1. The van der Waals surface area contributed by atoms with Gasteiger partial charge in [-0.3, -0.25) is 9.78 Å². The van der Waals surface area contributed by atoms with Crippen LogP contribution in [0.3, 0.4) is 0 Å². The van der Waals surface area contributed by atoms with Crippen LogP contribution in [-0.2, 0) is 22.7 Å². The van der Waals surface area contributed by atoms with Crippen molar-refractivity contribution in [3.8, 4) is 5.75 Å². The number of hydrogen-bond donors (Lipinski definition) is 1. The number of esters is 1. The molecule has 1 heterocycles.